The van der Waals surface area contributed by atoms with Crippen molar-refractivity contribution < 1.29 is 9.79 Å². The molecule has 0 heterocycles. The molecule has 0 amide bonds. The molecule has 2 aromatic rings. The van der Waals surface area contributed by atoms with Gasteiger partial charge in [-0.25, -0.2) is 4.99 Å². The van der Waals surface area contributed by atoms with Crippen molar-refractivity contribution in [2.45, 2.75) is 26.8 Å². The highest BCUT2D eigenvalue weighted by molar-refractivity contribution is 9.10. The zero-order chi connectivity index (χ0) is 15.2. The number of carbonyl (C=O) groups is 1. The largest absolute Gasteiger partial charge is 0.294 e. The molecule has 21 heavy (non-hydrogen) atoms. The standard InChI is InChI=1S/C18H18BrNO/c1-13-3-5-15(6-4-13)12-20-14(2)11-18(21)16-7-9-17(19)10-8-16/h3-10H,11-12H2,1-2H3/p+1. The van der Waals surface area contributed by atoms with Crippen LogP contribution in [0.5, 0.6) is 0 Å². The molecule has 0 saturated heterocycles. The van der Waals surface area contributed by atoms with Gasteiger partial charge in [0.1, 0.15) is 0 Å². The number of nitrogens with one attached hydrogen (secondary N) is 1. The predicted molar refractivity (Wildman–Crippen MR) is 89.6 cm³/mol. The van der Waals surface area contributed by atoms with E-state index in [1.54, 1.807) is 0 Å². The van der Waals surface area contributed by atoms with Crippen LogP contribution in [-0.2, 0) is 6.54 Å². The van der Waals surface area contributed by atoms with E-state index in [4.69, 9.17) is 0 Å². The lowest BCUT2D eigenvalue weighted by Gasteiger charge is -1.99. The summed E-state index contributed by atoms with van der Waals surface area (Å²) in [5, 5.41) is 0. The molecule has 0 spiro atoms. The van der Waals surface area contributed by atoms with Crippen molar-refractivity contribution in [3.8, 4) is 0 Å². The molecule has 0 saturated carbocycles. The second kappa shape index (κ2) is 7.32. The molecule has 2 aromatic carbocycles. The van der Waals surface area contributed by atoms with Crippen LogP contribution in [0.2, 0.25) is 0 Å². The molecule has 2 nitrogen and oxygen atoms in total. The van der Waals surface area contributed by atoms with Gasteiger partial charge in [0.2, 0.25) is 0 Å². The van der Waals surface area contributed by atoms with Crippen molar-refractivity contribution in [1.29, 1.82) is 0 Å². The number of halogens is 1. The molecule has 0 aliphatic carbocycles. The summed E-state index contributed by atoms with van der Waals surface area (Å²) in [4.78, 5) is 15.5. The van der Waals surface area contributed by atoms with E-state index in [-0.39, 0.29) is 5.78 Å². The van der Waals surface area contributed by atoms with Crippen LogP contribution >= 0.6 is 15.9 Å². The lowest BCUT2D eigenvalue weighted by Crippen LogP contribution is -2.70. The Morgan fingerprint density at radius 2 is 1.67 bits per heavy atom. The highest BCUT2D eigenvalue weighted by Gasteiger charge is 2.10. The maximum Gasteiger partial charge on any atom is 0.172 e. The third-order valence-corrected chi connectivity index (χ3v) is 3.84. The monoisotopic (exact) mass is 344 g/mol. The summed E-state index contributed by atoms with van der Waals surface area (Å²) in [6.07, 6.45) is 0.424. The van der Waals surface area contributed by atoms with E-state index in [0.29, 0.717) is 6.42 Å². The first-order chi connectivity index (χ1) is 10.0. The average Bonchev–Trinajstić information content (AvgIpc) is 2.47. The van der Waals surface area contributed by atoms with E-state index in [9.17, 15) is 4.79 Å². The molecular weight excluding hydrogens is 326 g/mol. The van der Waals surface area contributed by atoms with Gasteiger partial charge in [-0.2, -0.15) is 0 Å². The van der Waals surface area contributed by atoms with Gasteiger partial charge in [0.15, 0.2) is 18.0 Å². The van der Waals surface area contributed by atoms with E-state index in [0.717, 1.165) is 22.3 Å². The number of hydrogen-bond donors (Lipinski definition) is 1. The molecule has 0 fully saturated rings. The van der Waals surface area contributed by atoms with Gasteiger partial charge in [-0.15, -0.1) is 0 Å². The maximum atomic E-state index is 12.1. The van der Waals surface area contributed by atoms with Crippen LogP contribution in [0, 0.1) is 6.92 Å². The van der Waals surface area contributed by atoms with Crippen molar-refractivity contribution in [3.63, 3.8) is 0 Å². The van der Waals surface area contributed by atoms with Crippen LogP contribution in [0.1, 0.15) is 34.8 Å². The Balaban J connectivity index is 1.95. The maximum absolute atomic E-state index is 12.1. The van der Waals surface area contributed by atoms with Crippen molar-refractivity contribution in [3.05, 3.63) is 69.7 Å². The van der Waals surface area contributed by atoms with Gasteiger partial charge < -0.3 is 0 Å². The summed E-state index contributed by atoms with van der Waals surface area (Å²) in [6.45, 7) is 4.79. The van der Waals surface area contributed by atoms with Crippen molar-refractivity contribution >= 4 is 27.4 Å². The minimum absolute atomic E-state index is 0.136. The van der Waals surface area contributed by atoms with Crippen molar-refractivity contribution in [1.82, 2.24) is 0 Å². The molecule has 1 N–H and O–H groups in total. The summed E-state index contributed by atoms with van der Waals surface area (Å²) in [7, 11) is 0. The molecular formula is C18H19BrNO+. The van der Waals surface area contributed by atoms with Gasteiger partial charge in [-0.3, -0.25) is 4.79 Å². The lowest BCUT2D eigenvalue weighted by atomic mass is 10.1. The second-order valence-corrected chi connectivity index (χ2v) is 6.14. The average molecular weight is 345 g/mol. The first-order valence-electron chi connectivity index (χ1n) is 6.95. The normalized spacial score (nSPS) is 11.5. The van der Waals surface area contributed by atoms with Crippen LogP contribution < -0.4 is 4.99 Å². The molecule has 0 aromatic heterocycles. The topological polar surface area (TPSA) is 31.0 Å². The molecule has 0 unspecified atom stereocenters. The fraction of sp³-hybridized carbons (Fsp3) is 0.222. The highest BCUT2D eigenvalue weighted by atomic mass is 79.9. The molecule has 2 rings (SSSR count). The molecule has 0 bridgehead atoms. The quantitative estimate of drug-likeness (QED) is 0.655. The SMILES string of the molecule is CC(CC(=O)c1ccc(Br)cc1)=[NH+]Cc1ccc(C)cc1. The number of Topliss-reactive ketones (excluding diaryl/α,β-unsaturated/α-hetero) is 1. The van der Waals surface area contributed by atoms with Crippen molar-refractivity contribution in [2.75, 3.05) is 0 Å². The molecule has 0 aliphatic heterocycles. The third-order valence-electron chi connectivity index (χ3n) is 3.31. The van der Waals surface area contributed by atoms with E-state index in [1.807, 2.05) is 31.2 Å². The fourth-order valence-corrected chi connectivity index (χ4v) is 2.26. The smallest absolute Gasteiger partial charge is 0.172 e. The van der Waals surface area contributed by atoms with Gasteiger partial charge in [-0.05, 0) is 19.1 Å². The number of benzene rings is 2. The van der Waals surface area contributed by atoms with E-state index in [1.165, 1.54) is 11.1 Å². The molecule has 0 aliphatic rings. The number of ketones is 1. The van der Waals surface area contributed by atoms with Crippen molar-refractivity contribution in [2.24, 2.45) is 0 Å². The molecule has 0 atom stereocenters. The fourth-order valence-electron chi connectivity index (χ4n) is 2.00. The number of rotatable bonds is 5. The zero-order valence-corrected chi connectivity index (χ0v) is 13.9. The van der Waals surface area contributed by atoms with Crippen LogP contribution in [0.15, 0.2) is 53.0 Å². The van der Waals surface area contributed by atoms with Gasteiger partial charge in [0.05, 0.1) is 6.42 Å². The zero-order valence-electron chi connectivity index (χ0n) is 12.3. The van der Waals surface area contributed by atoms with Gasteiger partial charge in [0.25, 0.3) is 0 Å². The van der Waals surface area contributed by atoms with Gasteiger partial charge >= 0.3 is 0 Å². The van der Waals surface area contributed by atoms with Gasteiger partial charge in [0, 0.05) is 22.5 Å². The Kier molecular flexibility index (Phi) is 5.45. The second-order valence-electron chi connectivity index (χ2n) is 5.23. The minimum Gasteiger partial charge on any atom is -0.294 e. The Morgan fingerprint density at radius 1 is 1.05 bits per heavy atom. The summed E-state index contributed by atoms with van der Waals surface area (Å²) < 4.78 is 0.984. The number of aryl methyl sites for hydroxylation is 1. The van der Waals surface area contributed by atoms with Gasteiger partial charge in [-0.1, -0.05) is 57.9 Å². The van der Waals surface area contributed by atoms with Crippen LogP contribution in [0.25, 0.3) is 0 Å². The predicted octanol–water partition coefficient (Wildman–Crippen LogP) is 3.07. The summed E-state index contributed by atoms with van der Waals surface area (Å²) in [5.41, 5.74) is 4.21. The summed E-state index contributed by atoms with van der Waals surface area (Å²) in [6, 6.07) is 15.9. The molecule has 3 heteroatoms. The van der Waals surface area contributed by atoms with Crippen LogP contribution in [0.4, 0.5) is 0 Å². The lowest BCUT2D eigenvalue weighted by molar-refractivity contribution is -0.476. The summed E-state index contributed by atoms with van der Waals surface area (Å²) >= 11 is 3.37. The minimum atomic E-state index is 0.136. The van der Waals surface area contributed by atoms with Crippen LogP contribution in [0.3, 0.4) is 0 Å². The Morgan fingerprint density at radius 3 is 2.29 bits per heavy atom. The number of hydrogen-bond acceptors (Lipinski definition) is 1. The third kappa shape index (κ3) is 4.94. The Bertz CT molecular complexity index is 642. The highest BCUT2D eigenvalue weighted by Crippen LogP contribution is 2.11. The van der Waals surface area contributed by atoms with E-state index >= 15 is 0 Å². The first-order valence-corrected chi connectivity index (χ1v) is 7.74. The molecule has 108 valence electrons. The molecule has 0 radical (unpaired) electrons. The van der Waals surface area contributed by atoms with Crippen LogP contribution in [-0.4, -0.2) is 11.5 Å². The Labute approximate surface area is 134 Å². The summed E-state index contributed by atoms with van der Waals surface area (Å²) in [5.74, 6) is 0.136. The number of carbonyl (C=O) groups excluding carboxylic acids is 1. The van der Waals surface area contributed by atoms with E-state index in [2.05, 4.69) is 52.1 Å². The first kappa shape index (κ1) is 15.6. The van der Waals surface area contributed by atoms with E-state index < -0.39 is 0 Å². The Hall–Kier alpha value is -1.74.